The number of hydrogen-bond donors (Lipinski definition) is 1. The predicted molar refractivity (Wildman–Crippen MR) is 56.6 cm³/mol. The number of ether oxygens (including phenoxy) is 1. The molecule has 1 aromatic heterocycles. The van der Waals surface area contributed by atoms with E-state index in [0.29, 0.717) is 5.41 Å². The summed E-state index contributed by atoms with van der Waals surface area (Å²) < 4.78 is 7.46. The van der Waals surface area contributed by atoms with Gasteiger partial charge in [0.1, 0.15) is 0 Å². The van der Waals surface area contributed by atoms with Crippen molar-refractivity contribution >= 4 is 0 Å². The quantitative estimate of drug-likeness (QED) is 0.770. The topological polar surface area (TPSA) is 39.1 Å². The van der Waals surface area contributed by atoms with Gasteiger partial charge >= 0.3 is 0 Å². The molecule has 0 saturated carbocycles. The lowest BCUT2D eigenvalue weighted by Gasteiger charge is -2.38. The summed E-state index contributed by atoms with van der Waals surface area (Å²) in [4.78, 5) is 0. The zero-order valence-electron chi connectivity index (χ0n) is 9.12. The van der Waals surface area contributed by atoms with Gasteiger partial charge in [-0.25, -0.2) is 0 Å². The van der Waals surface area contributed by atoms with Gasteiger partial charge in [-0.15, -0.1) is 0 Å². The van der Waals surface area contributed by atoms with Gasteiger partial charge in [0, 0.05) is 36.2 Å². The normalized spacial score (nSPS) is 23.3. The molecule has 82 valence electrons. The molecule has 15 heavy (non-hydrogen) atoms. The number of fused-ring (bicyclic) bond motifs is 1. The lowest BCUT2D eigenvalue weighted by atomic mass is 9.88. The van der Waals surface area contributed by atoms with E-state index in [-0.39, 0.29) is 0 Å². The van der Waals surface area contributed by atoms with Crippen molar-refractivity contribution in [1.82, 2.24) is 15.1 Å². The number of hydrogen-bond acceptors (Lipinski definition) is 3. The van der Waals surface area contributed by atoms with E-state index in [0.717, 1.165) is 39.3 Å². The van der Waals surface area contributed by atoms with Crippen molar-refractivity contribution in [3.8, 4) is 0 Å². The highest BCUT2D eigenvalue weighted by molar-refractivity contribution is 5.20. The van der Waals surface area contributed by atoms with Crippen molar-refractivity contribution in [3.63, 3.8) is 0 Å². The first-order valence-corrected chi connectivity index (χ1v) is 5.59. The molecule has 0 spiro atoms. The average Bonchev–Trinajstić information content (AvgIpc) is 2.60. The smallest absolute Gasteiger partial charge is 0.0560 e. The van der Waals surface area contributed by atoms with Crippen molar-refractivity contribution in [2.75, 3.05) is 19.8 Å². The highest BCUT2D eigenvalue weighted by atomic mass is 16.5. The SMILES string of the molecule is CC1(Cn2ncc3c2CCNC3)COC1. The molecular formula is C11H17N3O. The van der Waals surface area contributed by atoms with Crippen LogP contribution in [0.15, 0.2) is 6.20 Å². The molecule has 1 aromatic rings. The van der Waals surface area contributed by atoms with Crippen LogP contribution in [-0.2, 0) is 24.2 Å². The lowest BCUT2D eigenvalue weighted by Crippen LogP contribution is -2.43. The Morgan fingerprint density at radius 1 is 1.60 bits per heavy atom. The van der Waals surface area contributed by atoms with Crippen LogP contribution in [0.2, 0.25) is 0 Å². The molecule has 1 saturated heterocycles. The average molecular weight is 207 g/mol. The summed E-state index contributed by atoms with van der Waals surface area (Å²) in [6.45, 7) is 7.07. The molecule has 1 fully saturated rings. The van der Waals surface area contributed by atoms with E-state index in [1.54, 1.807) is 0 Å². The Balaban J connectivity index is 1.82. The summed E-state index contributed by atoms with van der Waals surface area (Å²) in [7, 11) is 0. The molecule has 1 N–H and O–H groups in total. The fraction of sp³-hybridized carbons (Fsp3) is 0.727. The molecule has 0 unspecified atom stereocenters. The molecule has 2 aliphatic heterocycles. The first-order chi connectivity index (χ1) is 7.27. The van der Waals surface area contributed by atoms with E-state index in [1.165, 1.54) is 11.3 Å². The van der Waals surface area contributed by atoms with Crippen LogP contribution in [0.25, 0.3) is 0 Å². The van der Waals surface area contributed by atoms with Gasteiger partial charge in [-0.3, -0.25) is 4.68 Å². The minimum atomic E-state index is 0.310. The zero-order valence-corrected chi connectivity index (χ0v) is 9.12. The maximum Gasteiger partial charge on any atom is 0.0560 e. The Labute approximate surface area is 89.6 Å². The van der Waals surface area contributed by atoms with Gasteiger partial charge in [0.25, 0.3) is 0 Å². The minimum Gasteiger partial charge on any atom is -0.380 e. The molecule has 0 radical (unpaired) electrons. The first kappa shape index (κ1) is 9.36. The lowest BCUT2D eigenvalue weighted by molar-refractivity contribution is -0.111. The van der Waals surface area contributed by atoms with Crippen molar-refractivity contribution in [3.05, 3.63) is 17.5 Å². The second-order valence-electron chi connectivity index (χ2n) is 5.00. The molecule has 4 nitrogen and oxygen atoms in total. The van der Waals surface area contributed by atoms with Crippen LogP contribution in [0, 0.1) is 5.41 Å². The van der Waals surface area contributed by atoms with Crippen molar-refractivity contribution in [2.45, 2.75) is 26.4 Å². The van der Waals surface area contributed by atoms with E-state index in [2.05, 4.69) is 22.0 Å². The molecule has 2 aliphatic rings. The van der Waals surface area contributed by atoms with Gasteiger partial charge in [-0.2, -0.15) is 5.10 Å². The van der Waals surface area contributed by atoms with Crippen LogP contribution in [-0.4, -0.2) is 29.5 Å². The Kier molecular flexibility index (Phi) is 2.07. The standard InChI is InChI=1S/C11H17N3O/c1-11(7-15-8-11)6-14-10-2-3-12-4-9(10)5-13-14/h5,12H,2-4,6-8H2,1H3. The van der Waals surface area contributed by atoms with Crippen molar-refractivity contribution in [2.24, 2.45) is 5.41 Å². The summed E-state index contributed by atoms with van der Waals surface area (Å²) >= 11 is 0. The molecular weight excluding hydrogens is 190 g/mol. The van der Waals surface area contributed by atoms with Crippen LogP contribution in [0.1, 0.15) is 18.2 Å². The Bertz CT molecular complexity index is 368. The molecule has 0 bridgehead atoms. The maximum atomic E-state index is 5.28. The van der Waals surface area contributed by atoms with E-state index in [9.17, 15) is 0 Å². The van der Waals surface area contributed by atoms with Gasteiger partial charge < -0.3 is 10.1 Å². The van der Waals surface area contributed by atoms with E-state index in [4.69, 9.17) is 4.74 Å². The van der Waals surface area contributed by atoms with Gasteiger partial charge in [-0.1, -0.05) is 6.92 Å². The van der Waals surface area contributed by atoms with Crippen LogP contribution in [0.4, 0.5) is 0 Å². The third-order valence-electron chi connectivity index (χ3n) is 3.32. The van der Waals surface area contributed by atoms with E-state index in [1.807, 2.05) is 6.20 Å². The monoisotopic (exact) mass is 207 g/mol. The van der Waals surface area contributed by atoms with Gasteiger partial charge in [0.15, 0.2) is 0 Å². The minimum absolute atomic E-state index is 0.310. The fourth-order valence-corrected chi connectivity index (χ4v) is 2.36. The highest BCUT2D eigenvalue weighted by Gasteiger charge is 2.34. The molecule has 0 aliphatic carbocycles. The molecule has 0 aromatic carbocycles. The Hall–Kier alpha value is -0.870. The summed E-state index contributed by atoms with van der Waals surface area (Å²) in [6.07, 6.45) is 3.11. The largest absolute Gasteiger partial charge is 0.380 e. The summed E-state index contributed by atoms with van der Waals surface area (Å²) in [6, 6.07) is 0. The number of nitrogens with zero attached hydrogens (tertiary/aromatic N) is 2. The summed E-state index contributed by atoms with van der Waals surface area (Å²) in [5.41, 5.74) is 3.09. The number of nitrogens with one attached hydrogen (secondary N) is 1. The zero-order chi connectivity index (χ0) is 10.3. The Morgan fingerprint density at radius 3 is 3.20 bits per heavy atom. The molecule has 0 amide bonds. The van der Waals surface area contributed by atoms with E-state index >= 15 is 0 Å². The van der Waals surface area contributed by atoms with Crippen LogP contribution in [0.3, 0.4) is 0 Å². The first-order valence-electron chi connectivity index (χ1n) is 5.59. The second-order valence-corrected chi connectivity index (χ2v) is 5.00. The summed E-state index contributed by atoms with van der Waals surface area (Å²) in [5, 5.41) is 7.85. The third-order valence-corrected chi connectivity index (χ3v) is 3.32. The van der Waals surface area contributed by atoms with Crippen LogP contribution in [0.5, 0.6) is 0 Å². The highest BCUT2D eigenvalue weighted by Crippen LogP contribution is 2.29. The summed E-state index contributed by atoms with van der Waals surface area (Å²) in [5.74, 6) is 0. The second kappa shape index (κ2) is 3.32. The third kappa shape index (κ3) is 1.58. The number of aromatic nitrogens is 2. The van der Waals surface area contributed by atoms with Gasteiger partial charge in [-0.05, 0) is 0 Å². The van der Waals surface area contributed by atoms with Crippen LogP contribution >= 0.6 is 0 Å². The molecule has 4 heteroatoms. The number of rotatable bonds is 2. The molecule has 3 rings (SSSR count). The fourth-order valence-electron chi connectivity index (χ4n) is 2.36. The molecule has 0 atom stereocenters. The molecule has 3 heterocycles. The van der Waals surface area contributed by atoms with Crippen molar-refractivity contribution in [1.29, 1.82) is 0 Å². The van der Waals surface area contributed by atoms with Gasteiger partial charge in [0.05, 0.1) is 26.0 Å². The maximum absolute atomic E-state index is 5.28. The van der Waals surface area contributed by atoms with Crippen molar-refractivity contribution < 1.29 is 4.74 Å². The Morgan fingerprint density at radius 2 is 2.47 bits per heavy atom. The van der Waals surface area contributed by atoms with E-state index < -0.39 is 0 Å². The van der Waals surface area contributed by atoms with Gasteiger partial charge in [0.2, 0.25) is 0 Å². The predicted octanol–water partition coefficient (Wildman–Crippen LogP) is 0.565. The van der Waals surface area contributed by atoms with Crippen LogP contribution < -0.4 is 5.32 Å².